The molecule has 3 heteroatoms. The molecule has 2 aromatic rings. The first kappa shape index (κ1) is 8.09. The molecule has 2 rings (SSSR count). The molecule has 1 heterocycles. The van der Waals surface area contributed by atoms with E-state index in [1.165, 1.54) is 0 Å². The van der Waals surface area contributed by atoms with Gasteiger partial charge in [-0.25, -0.2) is 0 Å². The second kappa shape index (κ2) is 2.75. The summed E-state index contributed by atoms with van der Waals surface area (Å²) in [6.07, 6.45) is 0. The first-order chi connectivity index (χ1) is 6.22. The third-order valence-electron chi connectivity index (χ3n) is 1.97. The summed E-state index contributed by atoms with van der Waals surface area (Å²) in [6, 6.07) is 6.09. The van der Waals surface area contributed by atoms with Crippen LogP contribution < -0.4 is 5.73 Å². The molecule has 0 aliphatic heterocycles. The molecule has 0 saturated heterocycles. The molecule has 0 amide bonds. The van der Waals surface area contributed by atoms with Crippen LogP contribution in [0.4, 0.5) is 5.69 Å². The molecule has 0 radical (unpaired) electrons. The van der Waals surface area contributed by atoms with Crippen LogP contribution >= 0.6 is 11.3 Å². The lowest BCUT2D eigenvalue weighted by atomic mass is 10.1. The maximum Gasteiger partial charge on any atom is 0.101 e. The molecule has 0 fully saturated rings. The first-order valence-corrected chi connectivity index (χ1v) is 4.78. The van der Waals surface area contributed by atoms with Crippen molar-refractivity contribution in [3.8, 4) is 6.07 Å². The number of hydrogen-bond acceptors (Lipinski definition) is 3. The monoisotopic (exact) mass is 188 g/mol. The van der Waals surface area contributed by atoms with Crippen molar-refractivity contribution in [1.29, 1.82) is 5.26 Å². The van der Waals surface area contributed by atoms with Crippen LogP contribution in [0.15, 0.2) is 17.5 Å². The van der Waals surface area contributed by atoms with Crippen LogP contribution in [-0.2, 0) is 0 Å². The van der Waals surface area contributed by atoms with Crippen molar-refractivity contribution >= 4 is 27.1 Å². The van der Waals surface area contributed by atoms with Gasteiger partial charge in [0.2, 0.25) is 0 Å². The maximum absolute atomic E-state index is 8.82. The van der Waals surface area contributed by atoms with Crippen LogP contribution in [0.25, 0.3) is 10.1 Å². The molecule has 0 saturated carbocycles. The molecule has 0 aliphatic rings. The lowest BCUT2D eigenvalue weighted by Crippen LogP contribution is -1.87. The zero-order chi connectivity index (χ0) is 9.42. The van der Waals surface area contributed by atoms with Crippen molar-refractivity contribution in [2.45, 2.75) is 6.92 Å². The number of nitrogens with zero attached hydrogens (tertiary/aromatic N) is 1. The molecular formula is C10H8N2S. The molecule has 2 nitrogen and oxygen atoms in total. The Morgan fingerprint density at radius 3 is 2.92 bits per heavy atom. The van der Waals surface area contributed by atoms with Crippen LogP contribution in [0.5, 0.6) is 0 Å². The summed E-state index contributed by atoms with van der Waals surface area (Å²) in [7, 11) is 0. The number of nitriles is 1. The highest BCUT2D eigenvalue weighted by molar-refractivity contribution is 7.17. The first-order valence-electron chi connectivity index (χ1n) is 3.90. The van der Waals surface area contributed by atoms with E-state index >= 15 is 0 Å². The van der Waals surface area contributed by atoms with Crippen LogP contribution in [-0.4, -0.2) is 0 Å². The topological polar surface area (TPSA) is 49.8 Å². The number of hydrogen-bond donors (Lipinski definition) is 1. The largest absolute Gasteiger partial charge is 0.398 e. The molecule has 2 N–H and O–H groups in total. The van der Waals surface area contributed by atoms with E-state index in [4.69, 9.17) is 11.0 Å². The van der Waals surface area contributed by atoms with E-state index in [9.17, 15) is 0 Å². The fourth-order valence-corrected chi connectivity index (χ4v) is 2.44. The average Bonchev–Trinajstić information content (AvgIpc) is 2.47. The SMILES string of the molecule is Cc1cc(N)c2c(C#N)csc2c1. The highest BCUT2D eigenvalue weighted by Gasteiger charge is 2.06. The van der Waals surface area contributed by atoms with Gasteiger partial charge in [-0.1, -0.05) is 0 Å². The van der Waals surface area contributed by atoms with Crippen molar-refractivity contribution in [2.24, 2.45) is 0 Å². The second-order valence-electron chi connectivity index (χ2n) is 2.99. The number of rotatable bonds is 0. The van der Waals surface area contributed by atoms with E-state index in [0.717, 1.165) is 15.6 Å². The quantitative estimate of drug-likeness (QED) is 0.646. The summed E-state index contributed by atoms with van der Waals surface area (Å²) >= 11 is 1.56. The van der Waals surface area contributed by atoms with Crippen molar-refractivity contribution in [3.05, 3.63) is 28.6 Å². The summed E-state index contributed by atoms with van der Waals surface area (Å²) in [5.74, 6) is 0. The van der Waals surface area contributed by atoms with Crippen molar-refractivity contribution in [1.82, 2.24) is 0 Å². The van der Waals surface area contributed by atoms with E-state index in [1.807, 2.05) is 18.4 Å². The minimum Gasteiger partial charge on any atom is -0.398 e. The molecule has 0 atom stereocenters. The Morgan fingerprint density at radius 2 is 2.23 bits per heavy atom. The molecule has 1 aromatic heterocycles. The highest BCUT2D eigenvalue weighted by Crippen LogP contribution is 2.31. The van der Waals surface area contributed by atoms with Crippen molar-refractivity contribution in [3.63, 3.8) is 0 Å². The number of nitrogen functional groups attached to an aromatic ring is 1. The molecule has 0 aliphatic carbocycles. The summed E-state index contributed by atoms with van der Waals surface area (Å²) in [5, 5.41) is 11.6. The van der Waals surface area contributed by atoms with Gasteiger partial charge in [-0.05, 0) is 24.6 Å². The zero-order valence-electron chi connectivity index (χ0n) is 7.16. The number of fused-ring (bicyclic) bond motifs is 1. The van der Waals surface area contributed by atoms with Gasteiger partial charge in [0.15, 0.2) is 0 Å². The number of aryl methyl sites for hydroxylation is 1. The van der Waals surface area contributed by atoms with Crippen molar-refractivity contribution in [2.75, 3.05) is 5.73 Å². The highest BCUT2D eigenvalue weighted by atomic mass is 32.1. The van der Waals surface area contributed by atoms with Gasteiger partial charge in [0.1, 0.15) is 6.07 Å². The third-order valence-corrected chi connectivity index (χ3v) is 2.90. The van der Waals surface area contributed by atoms with E-state index in [0.29, 0.717) is 11.3 Å². The van der Waals surface area contributed by atoms with Gasteiger partial charge in [-0.15, -0.1) is 11.3 Å². The standard InChI is InChI=1S/C10H8N2S/c1-6-2-8(12)10-7(4-11)5-13-9(10)3-6/h2-3,5H,12H2,1H3. The van der Waals surface area contributed by atoms with Gasteiger partial charge in [0.05, 0.1) is 5.56 Å². The van der Waals surface area contributed by atoms with E-state index in [2.05, 4.69) is 12.1 Å². The summed E-state index contributed by atoms with van der Waals surface area (Å²) in [6.45, 7) is 2.00. The molecule has 0 unspecified atom stereocenters. The van der Waals surface area contributed by atoms with Crippen LogP contribution in [0.2, 0.25) is 0 Å². The summed E-state index contributed by atoms with van der Waals surface area (Å²) < 4.78 is 1.09. The number of nitrogens with two attached hydrogens (primary N) is 1. The predicted octanol–water partition coefficient (Wildman–Crippen LogP) is 2.66. The molecule has 64 valence electrons. The minimum absolute atomic E-state index is 0.678. The van der Waals surface area contributed by atoms with Gasteiger partial charge in [0.25, 0.3) is 0 Å². The van der Waals surface area contributed by atoms with E-state index < -0.39 is 0 Å². The molecular weight excluding hydrogens is 180 g/mol. The third kappa shape index (κ3) is 1.16. The Kier molecular flexibility index (Phi) is 1.71. The average molecular weight is 188 g/mol. The molecule has 0 spiro atoms. The Morgan fingerprint density at radius 1 is 1.46 bits per heavy atom. The Bertz CT molecular complexity index is 505. The predicted molar refractivity (Wildman–Crippen MR) is 55.7 cm³/mol. The molecule has 13 heavy (non-hydrogen) atoms. The van der Waals surface area contributed by atoms with Gasteiger partial charge < -0.3 is 5.73 Å². The maximum atomic E-state index is 8.82. The zero-order valence-corrected chi connectivity index (χ0v) is 7.98. The Labute approximate surface area is 80.2 Å². The normalized spacial score (nSPS) is 10.2. The van der Waals surface area contributed by atoms with Crippen molar-refractivity contribution < 1.29 is 0 Å². The lowest BCUT2D eigenvalue weighted by Gasteiger charge is -1.98. The van der Waals surface area contributed by atoms with Crippen LogP contribution in [0, 0.1) is 18.3 Å². The summed E-state index contributed by atoms with van der Waals surface area (Å²) in [4.78, 5) is 0. The second-order valence-corrected chi connectivity index (χ2v) is 3.90. The smallest absolute Gasteiger partial charge is 0.101 e. The number of anilines is 1. The van der Waals surface area contributed by atoms with Crippen LogP contribution in [0.1, 0.15) is 11.1 Å². The Balaban J connectivity index is 2.92. The fourth-order valence-electron chi connectivity index (χ4n) is 1.43. The van der Waals surface area contributed by atoms with E-state index in [1.54, 1.807) is 11.3 Å². The summed E-state index contributed by atoms with van der Waals surface area (Å²) in [5.41, 5.74) is 8.35. The fraction of sp³-hybridized carbons (Fsp3) is 0.100. The van der Waals surface area contributed by atoms with Gasteiger partial charge >= 0.3 is 0 Å². The number of thiophene rings is 1. The van der Waals surface area contributed by atoms with Gasteiger partial charge in [0, 0.05) is 21.2 Å². The van der Waals surface area contributed by atoms with Gasteiger partial charge in [-0.2, -0.15) is 5.26 Å². The van der Waals surface area contributed by atoms with Crippen LogP contribution in [0.3, 0.4) is 0 Å². The van der Waals surface area contributed by atoms with Gasteiger partial charge in [-0.3, -0.25) is 0 Å². The number of benzene rings is 1. The molecule has 1 aromatic carbocycles. The minimum atomic E-state index is 0.678. The Hall–Kier alpha value is -1.53. The molecule has 0 bridgehead atoms. The lowest BCUT2D eigenvalue weighted by molar-refractivity contribution is 1.50. The van der Waals surface area contributed by atoms with E-state index in [-0.39, 0.29) is 0 Å².